The third-order valence-corrected chi connectivity index (χ3v) is 0.907. The first kappa shape index (κ1) is 11.1. The lowest BCUT2D eigenvalue weighted by Crippen LogP contribution is -2.31. The van der Waals surface area contributed by atoms with Gasteiger partial charge in [0.1, 0.15) is 6.04 Å². The van der Waals surface area contributed by atoms with Crippen LogP contribution in [0.25, 0.3) is 0 Å². The summed E-state index contributed by atoms with van der Waals surface area (Å²) >= 11 is 3.65. The molecule has 0 aliphatic carbocycles. The van der Waals surface area contributed by atoms with Crippen LogP contribution in [0.4, 0.5) is 0 Å². The van der Waals surface area contributed by atoms with Crippen LogP contribution in [0.2, 0.25) is 0 Å². The summed E-state index contributed by atoms with van der Waals surface area (Å²) < 4.78 is 0. The Morgan fingerprint density at radius 3 is 2.25 bits per heavy atom. The molecule has 2 atom stereocenters. The highest BCUT2D eigenvalue weighted by atomic mass is 32.1. The second-order valence-electron chi connectivity index (χ2n) is 1.13. The van der Waals surface area contributed by atoms with Crippen molar-refractivity contribution >= 4 is 28.5 Å². The van der Waals surface area contributed by atoms with E-state index >= 15 is 0 Å². The van der Waals surface area contributed by atoms with Crippen molar-refractivity contribution in [2.45, 2.75) is 6.04 Å². The van der Waals surface area contributed by atoms with Gasteiger partial charge in [-0.05, 0) is 0 Å². The first-order valence-corrected chi connectivity index (χ1v) is 2.41. The van der Waals surface area contributed by atoms with E-state index in [1.54, 1.807) is 0 Å². The van der Waals surface area contributed by atoms with Gasteiger partial charge in [0.2, 0.25) is 0 Å². The number of carboxylic acid groups (broad SMARTS) is 1. The molecule has 2 unspecified atom stereocenters. The molecule has 0 aliphatic heterocycles. The molecular weight excluding hydrogens is 145 g/mol. The number of carboxylic acids is 1. The minimum atomic E-state index is -1.00. The maximum atomic E-state index is 9.76. The molecule has 5 heteroatoms. The van der Waals surface area contributed by atoms with Crippen molar-refractivity contribution in [2.24, 2.45) is 5.73 Å². The van der Waals surface area contributed by atoms with Crippen LogP contribution in [0.1, 0.15) is 0 Å². The number of hydrogen-bond donors (Lipinski definition) is 3. The average molecular weight is 155 g/mol. The SMILES string of the molecule is NC(CS)C(=O)O.P. The average Bonchev–Trinajstić information content (AvgIpc) is 1.65. The van der Waals surface area contributed by atoms with Gasteiger partial charge in [-0.2, -0.15) is 22.5 Å². The summed E-state index contributed by atoms with van der Waals surface area (Å²) in [6.07, 6.45) is 0. The second kappa shape index (κ2) is 5.35. The smallest absolute Gasteiger partial charge is 0.321 e. The Balaban J connectivity index is 0. The monoisotopic (exact) mass is 155 g/mol. The number of nitrogens with two attached hydrogens (primary N) is 1. The van der Waals surface area contributed by atoms with Gasteiger partial charge in [0, 0.05) is 5.75 Å². The fourth-order valence-corrected chi connectivity index (χ4v) is 0.234. The molecule has 0 aromatic rings. The fourth-order valence-electron chi connectivity index (χ4n) is 0.0781. The standard InChI is InChI=1S/C3H7NO2S.H3P/c4-2(1-7)3(5)6;/h2,7H,1,4H2,(H,5,6);1H3. The van der Waals surface area contributed by atoms with Crippen molar-refractivity contribution in [3.8, 4) is 0 Å². The van der Waals surface area contributed by atoms with E-state index in [4.69, 9.17) is 10.8 Å². The predicted octanol–water partition coefficient (Wildman–Crippen LogP) is -0.614. The van der Waals surface area contributed by atoms with Gasteiger partial charge in [-0.25, -0.2) is 0 Å². The molecule has 0 spiro atoms. The zero-order valence-electron chi connectivity index (χ0n) is 4.37. The maximum absolute atomic E-state index is 9.76. The molecule has 0 rings (SSSR count). The van der Waals surface area contributed by atoms with Crippen molar-refractivity contribution in [2.75, 3.05) is 5.75 Å². The topological polar surface area (TPSA) is 63.3 Å². The van der Waals surface area contributed by atoms with E-state index in [0.717, 1.165) is 0 Å². The first-order valence-electron chi connectivity index (χ1n) is 1.77. The van der Waals surface area contributed by atoms with Gasteiger partial charge in [-0.1, -0.05) is 0 Å². The Morgan fingerprint density at radius 2 is 2.25 bits per heavy atom. The number of aliphatic carboxylic acids is 1. The van der Waals surface area contributed by atoms with Crippen molar-refractivity contribution in [1.29, 1.82) is 0 Å². The van der Waals surface area contributed by atoms with Crippen LogP contribution in [-0.4, -0.2) is 22.9 Å². The van der Waals surface area contributed by atoms with Crippen molar-refractivity contribution < 1.29 is 9.90 Å². The molecule has 0 aromatic heterocycles. The van der Waals surface area contributed by atoms with Crippen LogP contribution in [-0.2, 0) is 4.79 Å². The van der Waals surface area contributed by atoms with Gasteiger partial charge in [-0.15, -0.1) is 0 Å². The Hall–Kier alpha value is 0.210. The van der Waals surface area contributed by atoms with Crippen molar-refractivity contribution in [1.82, 2.24) is 0 Å². The van der Waals surface area contributed by atoms with Crippen LogP contribution >= 0.6 is 22.5 Å². The Kier molecular flexibility index (Phi) is 7.40. The molecule has 0 radical (unpaired) electrons. The van der Waals surface area contributed by atoms with Crippen molar-refractivity contribution in [3.05, 3.63) is 0 Å². The molecule has 0 amide bonds. The van der Waals surface area contributed by atoms with Crippen LogP contribution in [0.3, 0.4) is 0 Å². The summed E-state index contributed by atoms with van der Waals surface area (Å²) in [4.78, 5) is 9.76. The predicted molar refractivity (Wildman–Crippen MR) is 40.6 cm³/mol. The van der Waals surface area contributed by atoms with E-state index in [9.17, 15) is 4.79 Å². The highest BCUT2D eigenvalue weighted by Crippen LogP contribution is 1.80. The molecule has 0 aliphatic rings. The van der Waals surface area contributed by atoms with Gasteiger partial charge in [0.05, 0.1) is 0 Å². The van der Waals surface area contributed by atoms with Gasteiger partial charge in [0.25, 0.3) is 0 Å². The lowest BCUT2D eigenvalue weighted by atomic mass is 10.4. The van der Waals surface area contributed by atoms with E-state index in [1.807, 2.05) is 0 Å². The van der Waals surface area contributed by atoms with Gasteiger partial charge in [0.15, 0.2) is 0 Å². The molecule has 0 saturated carbocycles. The summed E-state index contributed by atoms with van der Waals surface area (Å²) in [5.41, 5.74) is 4.94. The van der Waals surface area contributed by atoms with E-state index in [-0.39, 0.29) is 15.7 Å². The zero-order chi connectivity index (χ0) is 5.86. The van der Waals surface area contributed by atoms with E-state index < -0.39 is 12.0 Å². The van der Waals surface area contributed by atoms with Crippen molar-refractivity contribution in [3.63, 3.8) is 0 Å². The third kappa shape index (κ3) is 4.37. The summed E-state index contributed by atoms with van der Waals surface area (Å²) in [6.45, 7) is 0. The largest absolute Gasteiger partial charge is 0.480 e. The number of rotatable bonds is 2. The van der Waals surface area contributed by atoms with Crippen LogP contribution in [0.5, 0.6) is 0 Å². The first-order chi connectivity index (χ1) is 3.18. The fraction of sp³-hybridized carbons (Fsp3) is 0.667. The number of hydrogen-bond acceptors (Lipinski definition) is 3. The highest BCUT2D eigenvalue weighted by Gasteiger charge is 2.06. The summed E-state index contributed by atoms with van der Waals surface area (Å²) in [5, 5.41) is 8.01. The van der Waals surface area contributed by atoms with Gasteiger partial charge >= 0.3 is 5.97 Å². The Bertz CT molecular complexity index is 79.7. The van der Waals surface area contributed by atoms with Gasteiger partial charge < -0.3 is 10.8 Å². The van der Waals surface area contributed by atoms with Crippen LogP contribution < -0.4 is 5.73 Å². The molecule has 3 nitrogen and oxygen atoms in total. The summed E-state index contributed by atoms with van der Waals surface area (Å²) in [6, 6.07) is -0.816. The van der Waals surface area contributed by atoms with E-state index in [1.165, 1.54) is 0 Å². The summed E-state index contributed by atoms with van der Waals surface area (Å²) in [7, 11) is 0. The molecule has 3 N–H and O–H groups in total. The van der Waals surface area contributed by atoms with Crippen LogP contribution in [0, 0.1) is 0 Å². The molecular formula is C3H10NO2PS. The molecule has 0 saturated heterocycles. The minimum Gasteiger partial charge on any atom is -0.480 e. The molecule has 0 aromatic carbocycles. The Morgan fingerprint density at radius 1 is 1.88 bits per heavy atom. The highest BCUT2D eigenvalue weighted by molar-refractivity contribution is 7.80. The lowest BCUT2D eigenvalue weighted by molar-refractivity contribution is -0.137. The number of thiol groups is 1. The van der Waals surface area contributed by atoms with E-state index in [2.05, 4.69) is 12.6 Å². The summed E-state index contributed by atoms with van der Waals surface area (Å²) in [5.74, 6) is -0.815. The zero-order valence-corrected chi connectivity index (χ0v) is 6.68. The molecule has 8 heavy (non-hydrogen) atoms. The number of carbonyl (C=O) groups is 1. The lowest BCUT2D eigenvalue weighted by Gasteiger charge is -1.96. The molecule has 0 bridgehead atoms. The molecule has 0 fully saturated rings. The maximum Gasteiger partial charge on any atom is 0.321 e. The molecule has 50 valence electrons. The second-order valence-corrected chi connectivity index (χ2v) is 1.49. The Labute approximate surface area is 56.7 Å². The quantitative estimate of drug-likeness (QED) is 0.368. The minimum absolute atomic E-state index is 0. The normalized spacial score (nSPS) is 11.8. The van der Waals surface area contributed by atoms with E-state index in [0.29, 0.717) is 0 Å². The molecule has 0 heterocycles. The van der Waals surface area contributed by atoms with Gasteiger partial charge in [-0.3, -0.25) is 4.79 Å². The third-order valence-electron chi connectivity index (χ3n) is 0.514. The van der Waals surface area contributed by atoms with Crippen LogP contribution in [0.15, 0.2) is 0 Å².